The van der Waals surface area contributed by atoms with Crippen LogP contribution >= 0.6 is 11.6 Å². The van der Waals surface area contributed by atoms with Gasteiger partial charge in [0.1, 0.15) is 0 Å². The summed E-state index contributed by atoms with van der Waals surface area (Å²) in [4.78, 5) is 14.0. The van der Waals surface area contributed by atoms with E-state index in [2.05, 4.69) is 29.4 Å². The molecule has 4 nitrogen and oxygen atoms in total. The maximum atomic E-state index is 11.9. The molecule has 1 aromatic carbocycles. The number of anilines is 1. The Morgan fingerprint density at radius 1 is 1.35 bits per heavy atom. The smallest absolute Gasteiger partial charge is 0.319 e. The van der Waals surface area contributed by atoms with E-state index in [0.29, 0.717) is 29.2 Å². The maximum absolute atomic E-state index is 11.9. The molecule has 0 aliphatic carbocycles. The predicted molar refractivity (Wildman–Crippen MR) is 85.5 cm³/mol. The topological polar surface area (TPSA) is 44.4 Å². The molecule has 0 unspecified atom stereocenters. The van der Waals surface area contributed by atoms with Gasteiger partial charge in [0.15, 0.2) is 0 Å². The van der Waals surface area contributed by atoms with E-state index in [1.807, 2.05) is 33.2 Å². The van der Waals surface area contributed by atoms with Crippen molar-refractivity contribution in [2.75, 3.05) is 26.0 Å². The SMILES string of the molecule is Cc1ccc(NC(=O)NC[C@H](C(C)C)N(C)C)cc1Cl. The van der Waals surface area contributed by atoms with E-state index in [4.69, 9.17) is 11.6 Å². The van der Waals surface area contributed by atoms with E-state index in [9.17, 15) is 4.79 Å². The molecule has 1 atom stereocenters. The maximum Gasteiger partial charge on any atom is 0.319 e. The fraction of sp³-hybridized carbons (Fsp3) is 0.533. The average molecular weight is 298 g/mol. The van der Waals surface area contributed by atoms with Crippen LogP contribution in [0.25, 0.3) is 0 Å². The van der Waals surface area contributed by atoms with Gasteiger partial charge in [-0.05, 0) is 44.6 Å². The van der Waals surface area contributed by atoms with E-state index in [1.54, 1.807) is 6.07 Å². The zero-order valence-corrected chi connectivity index (χ0v) is 13.6. The molecular weight excluding hydrogens is 274 g/mol. The Labute approximate surface area is 126 Å². The minimum atomic E-state index is -0.211. The first-order chi connectivity index (χ1) is 9.31. The highest BCUT2D eigenvalue weighted by Gasteiger charge is 2.16. The Bertz CT molecular complexity index is 452. The van der Waals surface area contributed by atoms with E-state index in [-0.39, 0.29) is 6.03 Å². The second-order valence-electron chi connectivity index (χ2n) is 5.57. The lowest BCUT2D eigenvalue weighted by molar-refractivity contribution is 0.218. The zero-order chi connectivity index (χ0) is 15.3. The second-order valence-corrected chi connectivity index (χ2v) is 5.98. The molecule has 0 aromatic heterocycles. The minimum absolute atomic E-state index is 0.211. The van der Waals surface area contributed by atoms with Crippen molar-refractivity contribution in [2.24, 2.45) is 5.92 Å². The number of amides is 2. The minimum Gasteiger partial charge on any atom is -0.336 e. The number of nitrogens with one attached hydrogen (secondary N) is 2. The van der Waals surface area contributed by atoms with Crippen molar-refractivity contribution in [3.63, 3.8) is 0 Å². The molecule has 20 heavy (non-hydrogen) atoms. The Balaban J connectivity index is 2.53. The van der Waals surface area contributed by atoms with E-state index in [1.165, 1.54) is 0 Å². The van der Waals surface area contributed by atoms with Gasteiger partial charge in [-0.15, -0.1) is 0 Å². The Morgan fingerprint density at radius 3 is 2.50 bits per heavy atom. The summed E-state index contributed by atoms with van der Waals surface area (Å²) in [6, 6.07) is 5.57. The summed E-state index contributed by atoms with van der Waals surface area (Å²) in [7, 11) is 4.04. The molecular formula is C15H24ClN3O. The highest BCUT2D eigenvalue weighted by atomic mass is 35.5. The van der Waals surface area contributed by atoms with Crippen LogP contribution < -0.4 is 10.6 Å². The molecule has 0 aliphatic rings. The fourth-order valence-electron chi connectivity index (χ4n) is 2.06. The number of hydrogen-bond acceptors (Lipinski definition) is 2. The first kappa shape index (κ1) is 16.8. The number of rotatable bonds is 5. The third kappa shape index (κ3) is 5.02. The molecule has 0 fully saturated rings. The largest absolute Gasteiger partial charge is 0.336 e. The molecule has 0 aliphatic heterocycles. The molecule has 0 spiro atoms. The van der Waals surface area contributed by atoms with Crippen LogP contribution in [0.5, 0.6) is 0 Å². The molecule has 1 aromatic rings. The third-order valence-corrected chi connectivity index (χ3v) is 3.74. The van der Waals surface area contributed by atoms with E-state index >= 15 is 0 Å². The number of carbonyl (C=O) groups is 1. The van der Waals surface area contributed by atoms with Crippen LogP contribution in [-0.2, 0) is 0 Å². The summed E-state index contributed by atoms with van der Waals surface area (Å²) in [6.07, 6.45) is 0. The van der Waals surface area contributed by atoms with Gasteiger partial charge in [0, 0.05) is 23.3 Å². The van der Waals surface area contributed by atoms with E-state index < -0.39 is 0 Å². The van der Waals surface area contributed by atoms with Gasteiger partial charge < -0.3 is 15.5 Å². The fourth-order valence-corrected chi connectivity index (χ4v) is 2.24. The summed E-state index contributed by atoms with van der Waals surface area (Å²) in [6.45, 7) is 6.82. The van der Waals surface area contributed by atoms with Crippen LogP contribution in [0.15, 0.2) is 18.2 Å². The first-order valence-electron chi connectivity index (χ1n) is 6.78. The van der Waals surface area contributed by atoms with Crippen molar-refractivity contribution >= 4 is 23.3 Å². The van der Waals surface area contributed by atoms with Crippen molar-refractivity contribution in [2.45, 2.75) is 26.8 Å². The van der Waals surface area contributed by atoms with Crippen LogP contribution in [0, 0.1) is 12.8 Å². The lowest BCUT2D eigenvalue weighted by Crippen LogP contribution is -2.44. The number of likely N-dealkylation sites (N-methyl/N-ethyl adjacent to an activating group) is 1. The number of halogens is 1. The van der Waals surface area contributed by atoms with Crippen LogP contribution in [0.3, 0.4) is 0 Å². The first-order valence-corrected chi connectivity index (χ1v) is 7.16. The number of urea groups is 1. The van der Waals surface area contributed by atoms with Crippen molar-refractivity contribution in [3.05, 3.63) is 28.8 Å². The highest BCUT2D eigenvalue weighted by molar-refractivity contribution is 6.31. The van der Waals surface area contributed by atoms with Gasteiger partial charge in [-0.1, -0.05) is 31.5 Å². The van der Waals surface area contributed by atoms with Crippen LogP contribution in [0.2, 0.25) is 5.02 Å². The van der Waals surface area contributed by atoms with Gasteiger partial charge in [-0.25, -0.2) is 4.79 Å². The van der Waals surface area contributed by atoms with Crippen molar-refractivity contribution < 1.29 is 4.79 Å². The Kier molecular flexibility index (Phi) is 6.30. The Hall–Kier alpha value is -1.26. The standard InChI is InChI=1S/C15H24ClN3O/c1-10(2)14(19(4)5)9-17-15(20)18-12-7-6-11(3)13(16)8-12/h6-8,10,14H,9H2,1-5H3,(H2,17,18,20)/t14-/m1/s1. The average Bonchev–Trinajstić information content (AvgIpc) is 2.33. The summed E-state index contributed by atoms with van der Waals surface area (Å²) in [5, 5.41) is 6.33. The molecule has 5 heteroatoms. The number of hydrogen-bond donors (Lipinski definition) is 2. The predicted octanol–water partition coefficient (Wildman–Crippen LogP) is 3.36. The summed E-state index contributed by atoms with van der Waals surface area (Å²) in [5.41, 5.74) is 1.69. The second kappa shape index (κ2) is 7.50. The molecule has 2 N–H and O–H groups in total. The lowest BCUT2D eigenvalue weighted by atomic mass is 10.0. The number of benzene rings is 1. The lowest BCUT2D eigenvalue weighted by Gasteiger charge is -2.28. The monoisotopic (exact) mass is 297 g/mol. The van der Waals surface area contributed by atoms with Crippen LogP contribution in [-0.4, -0.2) is 37.6 Å². The molecule has 1 rings (SSSR count). The van der Waals surface area contributed by atoms with Crippen molar-refractivity contribution in [3.8, 4) is 0 Å². The summed E-state index contributed by atoms with van der Waals surface area (Å²) in [5.74, 6) is 0.471. The van der Waals surface area contributed by atoms with Gasteiger partial charge >= 0.3 is 6.03 Å². The molecule has 0 radical (unpaired) electrons. The van der Waals surface area contributed by atoms with Gasteiger partial charge in [-0.2, -0.15) is 0 Å². The molecule has 0 saturated heterocycles. The van der Waals surface area contributed by atoms with Gasteiger partial charge in [0.2, 0.25) is 0 Å². The van der Waals surface area contributed by atoms with E-state index in [0.717, 1.165) is 5.56 Å². The van der Waals surface area contributed by atoms with Crippen LogP contribution in [0.4, 0.5) is 10.5 Å². The molecule has 0 saturated carbocycles. The van der Waals surface area contributed by atoms with Gasteiger partial charge in [0.25, 0.3) is 0 Å². The number of carbonyl (C=O) groups excluding carboxylic acids is 1. The summed E-state index contributed by atoms with van der Waals surface area (Å²) >= 11 is 6.03. The number of nitrogens with zero attached hydrogens (tertiary/aromatic N) is 1. The molecule has 112 valence electrons. The van der Waals surface area contributed by atoms with Crippen molar-refractivity contribution in [1.29, 1.82) is 0 Å². The Morgan fingerprint density at radius 2 is 2.00 bits per heavy atom. The summed E-state index contributed by atoms with van der Waals surface area (Å²) < 4.78 is 0. The number of aryl methyl sites for hydroxylation is 1. The normalized spacial score (nSPS) is 12.6. The molecule has 2 amide bonds. The third-order valence-electron chi connectivity index (χ3n) is 3.33. The zero-order valence-electron chi connectivity index (χ0n) is 12.8. The van der Waals surface area contributed by atoms with Crippen molar-refractivity contribution in [1.82, 2.24) is 10.2 Å². The van der Waals surface area contributed by atoms with Gasteiger partial charge in [-0.3, -0.25) is 0 Å². The molecule has 0 bridgehead atoms. The molecule has 0 heterocycles. The van der Waals surface area contributed by atoms with Crippen LogP contribution in [0.1, 0.15) is 19.4 Å². The highest BCUT2D eigenvalue weighted by Crippen LogP contribution is 2.19. The van der Waals surface area contributed by atoms with Gasteiger partial charge in [0.05, 0.1) is 0 Å². The quantitative estimate of drug-likeness (QED) is 0.875.